The third-order valence-corrected chi connectivity index (χ3v) is 6.18. The van der Waals surface area contributed by atoms with Gasteiger partial charge in [0.15, 0.2) is 0 Å². The van der Waals surface area contributed by atoms with Crippen LogP contribution in [0.15, 0.2) is 66.7 Å². The van der Waals surface area contributed by atoms with Crippen molar-refractivity contribution in [2.24, 2.45) is 0 Å². The van der Waals surface area contributed by atoms with Crippen LogP contribution in [0.1, 0.15) is 18.9 Å². The van der Waals surface area contributed by atoms with Gasteiger partial charge in [-0.2, -0.15) is 0 Å². The Labute approximate surface area is 162 Å². The van der Waals surface area contributed by atoms with Crippen molar-refractivity contribution in [2.75, 3.05) is 10.6 Å². The van der Waals surface area contributed by atoms with Crippen molar-refractivity contribution in [3.63, 3.8) is 0 Å². The Hall–Kier alpha value is -2.23. The molecule has 1 aliphatic carbocycles. The lowest BCUT2D eigenvalue weighted by Crippen LogP contribution is -2.19. The van der Waals surface area contributed by atoms with E-state index in [0.29, 0.717) is 5.69 Å². The van der Waals surface area contributed by atoms with E-state index in [4.69, 9.17) is 23.2 Å². The van der Waals surface area contributed by atoms with Crippen molar-refractivity contribution in [1.82, 2.24) is 0 Å². The maximum atomic E-state index is 12.4. The summed E-state index contributed by atoms with van der Waals surface area (Å²) < 4.78 is -0.701. The molecule has 5 heteroatoms. The first-order valence-electron chi connectivity index (χ1n) is 8.43. The molecule has 1 fully saturated rings. The normalized spacial score (nSPS) is 20.6. The fourth-order valence-electron chi connectivity index (χ4n) is 3.25. The van der Waals surface area contributed by atoms with Gasteiger partial charge in [0, 0.05) is 16.5 Å². The first kappa shape index (κ1) is 17.2. The number of fused-ring (bicyclic) bond motifs is 1. The molecule has 26 heavy (non-hydrogen) atoms. The molecule has 0 spiro atoms. The van der Waals surface area contributed by atoms with E-state index in [1.165, 1.54) is 0 Å². The van der Waals surface area contributed by atoms with Crippen molar-refractivity contribution < 1.29 is 4.79 Å². The standard InChI is InChI=1S/C21H18Cl2N2O/c1-20(13-21(20,22)23)15-9-11-16(12-10-15)24-19(26)25-18-8-4-6-14-5-2-3-7-17(14)18/h2-12H,13H2,1H3,(H2,24,25,26)/t20-/m1/s1. The van der Waals surface area contributed by atoms with Crippen molar-refractivity contribution in [1.29, 1.82) is 0 Å². The quantitative estimate of drug-likeness (QED) is 0.509. The Morgan fingerprint density at radius 3 is 2.27 bits per heavy atom. The van der Waals surface area contributed by atoms with Crippen molar-refractivity contribution >= 4 is 51.4 Å². The third kappa shape index (κ3) is 3.02. The predicted octanol–water partition coefficient (Wildman–Crippen LogP) is 6.32. The highest BCUT2D eigenvalue weighted by atomic mass is 35.5. The van der Waals surface area contributed by atoms with Crippen LogP contribution in [0.5, 0.6) is 0 Å². The molecule has 0 unspecified atom stereocenters. The third-order valence-electron chi connectivity index (χ3n) is 5.08. The molecular weight excluding hydrogens is 367 g/mol. The Bertz CT molecular complexity index is 979. The van der Waals surface area contributed by atoms with Crippen LogP contribution in [0.3, 0.4) is 0 Å². The molecule has 132 valence electrons. The maximum absolute atomic E-state index is 12.4. The highest BCUT2D eigenvalue weighted by Crippen LogP contribution is 2.64. The SMILES string of the molecule is C[C@]1(c2ccc(NC(=O)Nc3cccc4ccccc34)cc2)CC1(Cl)Cl. The number of amides is 2. The molecule has 0 aromatic heterocycles. The number of hydrogen-bond acceptors (Lipinski definition) is 1. The lowest BCUT2D eigenvalue weighted by molar-refractivity contribution is 0.262. The molecule has 3 nitrogen and oxygen atoms in total. The van der Waals surface area contributed by atoms with Crippen molar-refractivity contribution in [3.8, 4) is 0 Å². The summed E-state index contributed by atoms with van der Waals surface area (Å²) in [5.41, 5.74) is 2.34. The molecule has 2 amide bonds. The largest absolute Gasteiger partial charge is 0.323 e. The van der Waals surface area contributed by atoms with Crippen LogP contribution in [-0.4, -0.2) is 10.4 Å². The van der Waals surface area contributed by atoms with Crippen LogP contribution in [0.4, 0.5) is 16.2 Å². The molecule has 1 saturated carbocycles. The van der Waals surface area contributed by atoms with E-state index in [0.717, 1.165) is 28.4 Å². The molecule has 1 atom stereocenters. The molecule has 0 bridgehead atoms. The number of halogens is 2. The summed E-state index contributed by atoms with van der Waals surface area (Å²) >= 11 is 12.5. The molecule has 3 aromatic carbocycles. The van der Waals surface area contributed by atoms with Gasteiger partial charge in [-0.05, 0) is 35.6 Å². The van der Waals surface area contributed by atoms with E-state index < -0.39 is 4.33 Å². The van der Waals surface area contributed by atoms with Crippen LogP contribution < -0.4 is 10.6 Å². The first-order valence-corrected chi connectivity index (χ1v) is 9.19. The Balaban J connectivity index is 1.47. The molecule has 0 saturated heterocycles. The number of anilines is 2. The summed E-state index contributed by atoms with van der Waals surface area (Å²) in [7, 11) is 0. The zero-order valence-electron chi connectivity index (χ0n) is 14.2. The molecule has 2 N–H and O–H groups in total. The van der Waals surface area contributed by atoms with Crippen molar-refractivity contribution in [2.45, 2.75) is 23.1 Å². The average Bonchev–Trinajstić information content (AvgIpc) is 3.15. The van der Waals surface area contributed by atoms with E-state index >= 15 is 0 Å². The van der Waals surface area contributed by atoms with Gasteiger partial charge in [-0.25, -0.2) is 4.79 Å². The minimum absolute atomic E-state index is 0.222. The molecule has 3 aromatic rings. The van der Waals surface area contributed by atoms with E-state index in [1.807, 2.05) is 73.7 Å². The lowest BCUT2D eigenvalue weighted by atomic mass is 9.98. The number of hydrogen-bond donors (Lipinski definition) is 2. The van der Waals surface area contributed by atoms with Crippen LogP contribution in [0, 0.1) is 0 Å². The highest BCUT2D eigenvalue weighted by Gasteiger charge is 2.63. The number of benzene rings is 3. The number of carbonyl (C=O) groups excluding carboxylic acids is 1. The first-order chi connectivity index (χ1) is 12.4. The molecule has 0 radical (unpaired) electrons. The minimum atomic E-state index is -0.701. The Morgan fingerprint density at radius 2 is 1.58 bits per heavy atom. The topological polar surface area (TPSA) is 41.1 Å². The summed E-state index contributed by atoms with van der Waals surface area (Å²) in [6.45, 7) is 2.04. The zero-order valence-corrected chi connectivity index (χ0v) is 15.7. The smallest absolute Gasteiger partial charge is 0.308 e. The number of rotatable bonds is 3. The number of carbonyl (C=O) groups is 1. The molecule has 0 aliphatic heterocycles. The summed E-state index contributed by atoms with van der Waals surface area (Å²) in [6.07, 6.45) is 0.734. The Morgan fingerprint density at radius 1 is 0.923 bits per heavy atom. The predicted molar refractivity (Wildman–Crippen MR) is 109 cm³/mol. The highest BCUT2D eigenvalue weighted by molar-refractivity contribution is 6.52. The van der Waals surface area contributed by atoms with Gasteiger partial charge in [0.1, 0.15) is 4.33 Å². The van der Waals surface area contributed by atoms with Gasteiger partial charge in [0.05, 0.1) is 5.69 Å². The fourth-order valence-corrected chi connectivity index (χ4v) is 4.01. The molecule has 0 heterocycles. The summed E-state index contributed by atoms with van der Waals surface area (Å²) in [5, 5.41) is 7.85. The Kier molecular flexibility index (Phi) is 4.09. The molecular formula is C21H18Cl2N2O. The van der Waals surface area contributed by atoms with E-state index in [9.17, 15) is 4.79 Å². The number of nitrogens with one attached hydrogen (secondary N) is 2. The second-order valence-electron chi connectivity index (χ2n) is 6.90. The van der Waals surface area contributed by atoms with Gasteiger partial charge in [-0.15, -0.1) is 23.2 Å². The summed E-state index contributed by atoms with van der Waals surface area (Å²) in [6, 6.07) is 21.1. The van der Waals surface area contributed by atoms with Crippen LogP contribution in [-0.2, 0) is 5.41 Å². The van der Waals surface area contributed by atoms with Crippen LogP contribution >= 0.6 is 23.2 Å². The zero-order chi connectivity index (χ0) is 18.4. The van der Waals surface area contributed by atoms with Crippen LogP contribution in [0.2, 0.25) is 0 Å². The summed E-state index contributed by atoms with van der Waals surface area (Å²) in [4.78, 5) is 12.4. The van der Waals surface area contributed by atoms with Crippen LogP contribution in [0.25, 0.3) is 10.8 Å². The van der Waals surface area contributed by atoms with Gasteiger partial charge in [-0.3, -0.25) is 0 Å². The van der Waals surface area contributed by atoms with Gasteiger partial charge >= 0.3 is 6.03 Å². The average molecular weight is 385 g/mol. The number of alkyl halides is 2. The van der Waals surface area contributed by atoms with E-state index in [1.54, 1.807) is 0 Å². The van der Waals surface area contributed by atoms with E-state index in [-0.39, 0.29) is 11.4 Å². The monoisotopic (exact) mass is 384 g/mol. The minimum Gasteiger partial charge on any atom is -0.308 e. The van der Waals surface area contributed by atoms with Gasteiger partial charge in [-0.1, -0.05) is 55.5 Å². The lowest BCUT2D eigenvalue weighted by Gasteiger charge is -2.14. The molecule has 4 rings (SSSR count). The van der Waals surface area contributed by atoms with Gasteiger partial charge < -0.3 is 10.6 Å². The van der Waals surface area contributed by atoms with E-state index in [2.05, 4.69) is 10.6 Å². The maximum Gasteiger partial charge on any atom is 0.323 e. The van der Waals surface area contributed by atoms with Crippen molar-refractivity contribution in [3.05, 3.63) is 72.3 Å². The number of urea groups is 1. The second-order valence-corrected chi connectivity index (χ2v) is 8.38. The molecule has 1 aliphatic rings. The van der Waals surface area contributed by atoms with Gasteiger partial charge in [0.25, 0.3) is 0 Å². The summed E-state index contributed by atoms with van der Waals surface area (Å²) in [5.74, 6) is 0. The second kappa shape index (κ2) is 6.19. The fraction of sp³-hybridized carbons (Fsp3) is 0.190. The van der Waals surface area contributed by atoms with Gasteiger partial charge in [0.2, 0.25) is 0 Å².